The number of benzene rings is 2. The van der Waals surface area contributed by atoms with Crippen LogP contribution in [0.2, 0.25) is 0 Å². The minimum Gasteiger partial charge on any atom is -0.467 e. The normalized spacial score (nSPS) is 13.8. The highest BCUT2D eigenvalue weighted by Crippen LogP contribution is 2.30. The molecule has 4 aromatic rings. The predicted molar refractivity (Wildman–Crippen MR) is 141 cm³/mol. The number of pyridine rings is 1. The highest BCUT2D eigenvalue weighted by atomic mass is 16.5. The van der Waals surface area contributed by atoms with E-state index in [0.29, 0.717) is 11.5 Å². The van der Waals surface area contributed by atoms with Crippen LogP contribution in [0, 0.1) is 11.3 Å². The number of hydrogen-bond donors (Lipinski definition) is 0. The van der Waals surface area contributed by atoms with Gasteiger partial charge in [0.2, 0.25) is 11.8 Å². The Morgan fingerprint density at radius 2 is 1.65 bits per heavy atom. The predicted octanol–water partition coefficient (Wildman–Crippen LogP) is 5.51. The fourth-order valence-electron chi connectivity index (χ4n) is 4.55. The van der Waals surface area contributed by atoms with Crippen LogP contribution in [-0.2, 0) is 17.8 Å². The zero-order valence-electron chi connectivity index (χ0n) is 20.8. The Morgan fingerprint density at radius 3 is 2.38 bits per heavy atom. The molecule has 5 rings (SSSR count). The molecule has 0 bridgehead atoms. The Labute approximate surface area is 217 Å². The molecule has 1 saturated heterocycles. The van der Waals surface area contributed by atoms with Gasteiger partial charge in [0, 0.05) is 36.8 Å². The van der Waals surface area contributed by atoms with Crippen molar-refractivity contribution >= 4 is 0 Å². The third kappa shape index (κ3) is 6.23. The van der Waals surface area contributed by atoms with E-state index < -0.39 is 0 Å². The maximum atomic E-state index is 9.85. The lowest BCUT2D eigenvalue weighted by Gasteiger charge is -2.26. The van der Waals surface area contributed by atoms with Crippen LogP contribution >= 0.6 is 0 Å². The first-order chi connectivity index (χ1) is 18.3. The van der Waals surface area contributed by atoms with Crippen molar-refractivity contribution in [2.45, 2.75) is 25.9 Å². The van der Waals surface area contributed by atoms with Crippen LogP contribution < -0.4 is 4.74 Å². The molecule has 0 saturated carbocycles. The van der Waals surface area contributed by atoms with Crippen LogP contribution in [-0.4, -0.2) is 47.7 Å². The van der Waals surface area contributed by atoms with Gasteiger partial charge in [0.15, 0.2) is 6.61 Å². The van der Waals surface area contributed by atoms with E-state index in [4.69, 9.17) is 18.9 Å². The molecular formula is C30H30N4O3. The number of unbranched alkanes of at least 4 members (excludes halogenated alkanes) is 1. The van der Waals surface area contributed by atoms with Crippen molar-refractivity contribution in [3.8, 4) is 34.3 Å². The van der Waals surface area contributed by atoms with E-state index in [9.17, 15) is 5.26 Å². The third-order valence-corrected chi connectivity index (χ3v) is 6.47. The minimum absolute atomic E-state index is 0.0908. The number of morpholine rings is 1. The van der Waals surface area contributed by atoms with Crippen molar-refractivity contribution < 1.29 is 13.9 Å². The minimum atomic E-state index is 0.0908. The summed E-state index contributed by atoms with van der Waals surface area (Å²) in [5.74, 6) is 1.60. The summed E-state index contributed by atoms with van der Waals surface area (Å²) in [4.78, 5) is 11.5. The molecule has 0 aliphatic carbocycles. The molecule has 188 valence electrons. The standard InChI is InChI=1S/C30H30N4O3/c31-21-26-25(23-9-3-1-4-10-23)14-15-32-30(26)36-22-28-33-29(24-11-5-2-6-12-24)27(37-28)13-7-8-16-34-17-19-35-20-18-34/h1-6,9-12,14-15H,7-8,13,16-20,22H2. The monoisotopic (exact) mass is 494 g/mol. The van der Waals surface area contributed by atoms with Crippen molar-refractivity contribution in [3.05, 3.63) is 90.1 Å². The summed E-state index contributed by atoms with van der Waals surface area (Å²) in [6.45, 7) is 4.80. The molecule has 1 aliphatic heterocycles. The fraction of sp³-hybridized carbons (Fsp3) is 0.300. The fourth-order valence-corrected chi connectivity index (χ4v) is 4.55. The van der Waals surface area contributed by atoms with Crippen molar-refractivity contribution in [1.82, 2.24) is 14.9 Å². The Bertz CT molecular complexity index is 1330. The largest absolute Gasteiger partial charge is 0.467 e. The molecule has 3 heterocycles. The van der Waals surface area contributed by atoms with Crippen LogP contribution in [0.4, 0.5) is 0 Å². The molecule has 2 aromatic carbocycles. The van der Waals surface area contributed by atoms with Gasteiger partial charge in [0.1, 0.15) is 23.1 Å². The molecule has 7 heteroatoms. The van der Waals surface area contributed by atoms with Gasteiger partial charge >= 0.3 is 0 Å². The van der Waals surface area contributed by atoms with Gasteiger partial charge in [0.25, 0.3) is 0 Å². The number of aryl methyl sites for hydroxylation is 1. The molecule has 1 fully saturated rings. The Hall–Kier alpha value is -3.99. The molecular weight excluding hydrogens is 464 g/mol. The molecule has 0 N–H and O–H groups in total. The van der Waals surface area contributed by atoms with E-state index in [1.807, 2.05) is 66.7 Å². The van der Waals surface area contributed by atoms with E-state index >= 15 is 0 Å². The van der Waals surface area contributed by atoms with Gasteiger partial charge in [-0.1, -0.05) is 60.7 Å². The highest BCUT2D eigenvalue weighted by molar-refractivity contribution is 5.72. The maximum Gasteiger partial charge on any atom is 0.233 e. The van der Waals surface area contributed by atoms with Crippen LogP contribution in [0.5, 0.6) is 5.88 Å². The van der Waals surface area contributed by atoms with E-state index in [-0.39, 0.29) is 12.5 Å². The van der Waals surface area contributed by atoms with Gasteiger partial charge in [-0.15, -0.1) is 0 Å². The van der Waals surface area contributed by atoms with Crippen LogP contribution in [0.1, 0.15) is 30.1 Å². The number of aromatic nitrogens is 2. The van der Waals surface area contributed by atoms with Crippen LogP contribution in [0.25, 0.3) is 22.4 Å². The van der Waals surface area contributed by atoms with E-state index in [2.05, 4.69) is 16.0 Å². The first kappa shape index (κ1) is 24.7. The lowest BCUT2D eigenvalue weighted by Crippen LogP contribution is -2.36. The van der Waals surface area contributed by atoms with Gasteiger partial charge in [-0.2, -0.15) is 5.26 Å². The third-order valence-electron chi connectivity index (χ3n) is 6.47. The molecule has 2 aromatic heterocycles. The van der Waals surface area contributed by atoms with Crippen molar-refractivity contribution in [3.63, 3.8) is 0 Å². The topological polar surface area (TPSA) is 84.4 Å². The zero-order valence-corrected chi connectivity index (χ0v) is 20.8. The lowest BCUT2D eigenvalue weighted by atomic mass is 10.0. The van der Waals surface area contributed by atoms with E-state index in [0.717, 1.165) is 80.3 Å². The molecule has 0 spiro atoms. The molecule has 0 atom stereocenters. The molecule has 0 radical (unpaired) electrons. The van der Waals surface area contributed by atoms with Gasteiger partial charge in [-0.3, -0.25) is 4.90 Å². The Kier molecular flexibility index (Phi) is 8.21. The average Bonchev–Trinajstić information content (AvgIpc) is 3.38. The average molecular weight is 495 g/mol. The molecule has 1 aliphatic rings. The van der Waals surface area contributed by atoms with E-state index in [1.54, 1.807) is 6.20 Å². The number of oxazole rings is 1. The number of nitriles is 1. The first-order valence-electron chi connectivity index (χ1n) is 12.7. The van der Waals surface area contributed by atoms with Gasteiger partial charge in [0.05, 0.1) is 13.2 Å². The van der Waals surface area contributed by atoms with Gasteiger partial charge in [-0.05, 0) is 31.0 Å². The summed E-state index contributed by atoms with van der Waals surface area (Å²) in [6.07, 6.45) is 4.55. The summed E-state index contributed by atoms with van der Waals surface area (Å²) in [5, 5.41) is 9.85. The SMILES string of the molecule is N#Cc1c(-c2ccccc2)ccnc1OCc1nc(-c2ccccc2)c(CCCCN2CCOCC2)o1. The van der Waals surface area contributed by atoms with Gasteiger partial charge < -0.3 is 13.9 Å². The zero-order chi connectivity index (χ0) is 25.3. The molecule has 37 heavy (non-hydrogen) atoms. The second kappa shape index (κ2) is 12.3. The first-order valence-corrected chi connectivity index (χ1v) is 12.7. The summed E-state index contributed by atoms with van der Waals surface area (Å²) < 4.78 is 17.6. The highest BCUT2D eigenvalue weighted by Gasteiger charge is 2.18. The Morgan fingerprint density at radius 1 is 0.919 bits per heavy atom. The summed E-state index contributed by atoms with van der Waals surface area (Å²) in [5.41, 5.74) is 3.98. The summed E-state index contributed by atoms with van der Waals surface area (Å²) >= 11 is 0. The number of rotatable bonds is 10. The lowest BCUT2D eigenvalue weighted by molar-refractivity contribution is 0.0371. The molecule has 7 nitrogen and oxygen atoms in total. The maximum absolute atomic E-state index is 9.85. The molecule has 0 amide bonds. The summed E-state index contributed by atoms with van der Waals surface area (Å²) in [6, 6.07) is 23.9. The summed E-state index contributed by atoms with van der Waals surface area (Å²) in [7, 11) is 0. The van der Waals surface area contributed by atoms with Crippen LogP contribution in [0.15, 0.2) is 77.3 Å². The number of nitrogens with zero attached hydrogens (tertiary/aromatic N) is 4. The van der Waals surface area contributed by atoms with Crippen molar-refractivity contribution in [2.75, 3.05) is 32.8 Å². The number of ether oxygens (including phenoxy) is 2. The van der Waals surface area contributed by atoms with Crippen molar-refractivity contribution in [2.24, 2.45) is 0 Å². The van der Waals surface area contributed by atoms with Gasteiger partial charge in [-0.25, -0.2) is 9.97 Å². The van der Waals surface area contributed by atoms with Crippen LogP contribution in [0.3, 0.4) is 0 Å². The van der Waals surface area contributed by atoms with Crippen molar-refractivity contribution in [1.29, 1.82) is 5.26 Å². The second-order valence-corrected chi connectivity index (χ2v) is 8.96. The quantitative estimate of drug-likeness (QED) is 0.269. The smallest absolute Gasteiger partial charge is 0.233 e. The van der Waals surface area contributed by atoms with E-state index in [1.165, 1.54) is 0 Å². The molecule has 0 unspecified atom stereocenters. The second-order valence-electron chi connectivity index (χ2n) is 8.96. The Balaban J connectivity index is 1.30. The number of hydrogen-bond acceptors (Lipinski definition) is 7.